The van der Waals surface area contributed by atoms with Crippen LogP contribution in [-0.4, -0.2) is 36.7 Å². The number of nitrogens with one attached hydrogen (secondary N) is 2. The van der Waals surface area contributed by atoms with Crippen LogP contribution in [-0.2, 0) is 0 Å². The number of rotatable bonds is 8. The van der Waals surface area contributed by atoms with Crippen LogP contribution >= 0.6 is 0 Å². The minimum atomic E-state index is -0.357. The first-order chi connectivity index (χ1) is 14.1. The average Bonchev–Trinajstić information content (AvgIpc) is 2.75. The second kappa shape index (κ2) is 9.41. The predicted molar refractivity (Wildman–Crippen MR) is 110 cm³/mol. The van der Waals surface area contributed by atoms with Crippen LogP contribution < -0.4 is 24.8 Å². The van der Waals surface area contributed by atoms with Crippen molar-refractivity contribution in [1.29, 1.82) is 0 Å². The van der Waals surface area contributed by atoms with E-state index in [2.05, 4.69) is 20.6 Å². The Labute approximate surface area is 168 Å². The maximum Gasteiger partial charge on any atom is 0.258 e. The van der Waals surface area contributed by atoms with E-state index in [1.807, 2.05) is 31.2 Å². The van der Waals surface area contributed by atoms with E-state index >= 15 is 0 Å². The van der Waals surface area contributed by atoms with Gasteiger partial charge in [-0.05, 0) is 43.3 Å². The Hall–Kier alpha value is -3.81. The van der Waals surface area contributed by atoms with Gasteiger partial charge in [-0.1, -0.05) is 0 Å². The monoisotopic (exact) mass is 394 g/mol. The van der Waals surface area contributed by atoms with Gasteiger partial charge in [0.05, 0.1) is 32.1 Å². The summed E-state index contributed by atoms with van der Waals surface area (Å²) in [4.78, 5) is 20.9. The van der Waals surface area contributed by atoms with Gasteiger partial charge < -0.3 is 24.8 Å². The molecule has 2 aromatic carbocycles. The lowest BCUT2D eigenvalue weighted by Gasteiger charge is -2.12. The molecule has 0 spiro atoms. The van der Waals surface area contributed by atoms with E-state index < -0.39 is 0 Å². The Bertz CT molecular complexity index is 959. The summed E-state index contributed by atoms with van der Waals surface area (Å²) in [5.74, 6) is 1.94. The van der Waals surface area contributed by atoms with Gasteiger partial charge in [0.25, 0.3) is 5.91 Å². The third-order valence-corrected chi connectivity index (χ3v) is 3.99. The van der Waals surface area contributed by atoms with Crippen molar-refractivity contribution in [3.8, 4) is 17.2 Å². The molecule has 0 saturated carbocycles. The van der Waals surface area contributed by atoms with E-state index in [0.717, 1.165) is 11.4 Å². The number of benzene rings is 2. The van der Waals surface area contributed by atoms with Crippen molar-refractivity contribution >= 4 is 23.2 Å². The Morgan fingerprint density at radius 1 is 0.966 bits per heavy atom. The second-order valence-electron chi connectivity index (χ2n) is 5.90. The maximum atomic E-state index is 12.5. The zero-order chi connectivity index (χ0) is 20.6. The zero-order valence-electron chi connectivity index (χ0n) is 16.4. The SMILES string of the molecule is CCOc1ccc(Nc2ncc(C(=O)Nc3cc(OC)ccc3OC)cn2)cc1. The summed E-state index contributed by atoms with van der Waals surface area (Å²) in [5, 5.41) is 5.86. The quantitative estimate of drug-likeness (QED) is 0.598. The first-order valence-electron chi connectivity index (χ1n) is 8.98. The number of hydrogen-bond donors (Lipinski definition) is 2. The number of carbonyl (C=O) groups excluding carboxylic acids is 1. The second-order valence-corrected chi connectivity index (χ2v) is 5.90. The van der Waals surface area contributed by atoms with Crippen LogP contribution in [0.5, 0.6) is 17.2 Å². The third kappa shape index (κ3) is 5.13. The van der Waals surface area contributed by atoms with Gasteiger partial charge in [-0.3, -0.25) is 4.79 Å². The first-order valence-corrected chi connectivity index (χ1v) is 8.98. The highest BCUT2D eigenvalue weighted by atomic mass is 16.5. The van der Waals surface area contributed by atoms with Gasteiger partial charge in [0.2, 0.25) is 5.95 Å². The maximum absolute atomic E-state index is 12.5. The highest BCUT2D eigenvalue weighted by molar-refractivity contribution is 6.04. The van der Waals surface area contributed by atoms with Crippen LogP contribution in [0, 0.1) is 0 Å². The summed E-state index contributed by atoms with van der Waals surface area (Å²) in [6.07, 6.45) is 2.90. The summed E-state index contributed by atoms with van der Waals surface area (Å²) >= 11 is 0. The lowest BCUT2D eigenvalue weighted by atomic mass is 10.2. The van der Waals surface area contributed by atoms with Crippen molar-refractivity contribution < 1.29 is 19.0 Å². The molecular formula is C21H22N4O4. The fourth-order valence-electron chi connectivity index (χ4n) is 2.55. The highest BCUT2D eigenvalue weighted by Gasteiger charge is 2.12. The number of nitrogens with zero attached hydrogens (tertiary/aromatic N) is 2. The van der Waals surface area contributed by atoms with Gasteiger partial charge in [-0.2, -0.15) is 0 Å². The molecule has 0 bridgehead atoms. The standard InChI is InChI=1S/C21H22N4O4/c1-4-29-16-7-5-15(6-8-16)24-21-22-12-14(13-23-21)20(26)25-18-11-17(27-2)9-10-19(18)28-3/h5-13H,4H2,1-3H3,(H,25,26)(H,22,23,24). The third-order valence-electron chi connectivity index (χ3n) is 3.99. The van der Waals surface area contributed by atoms with Gasteiger partial charge in [-0.25, -0.2) is 9.97 Å². The molecule has 150 valence electrons. The summed E-state index contributed by atoms with van der Waals surface area (Å²) in [6, 6.07) is 12.6. The number of carbonyl (C=O) groups is 1. The van der Waals surface area contributed by atoms with Gasteiger partial charge in [0.1, 0.15) is 17.2 Å². The molecule has 1 aromatic heterocycles. The van der Waals surface area contributed by atoms with Crippen LogP contribution in [0.15, 0.2) is 54.9 Å². The molecule has 0 aliphatic rings. The van der Waals surface area contributed by atoms with E-state index in [9.17, 15) is 4.79 Å². The molecule has 0 aliphatic heterocycles. The smallest absolute Gasteiger partial charge is 0.258 e. The van der Waals surface area contributed by atoms with Gasteiger partial charge in [0, 0.05) is 24.1 Å². The molecule has 0 fully saturated rings. The molecular weight excluding hydrogens is 372 g/mol. The number of anilines is 3. The van der Waals surface area contributed by atoms with Gasteiger partial charge in [0.15, 0.2) is 0 Å². The van der Waals surface area contributed by atoms with Gasteiger partial charge in [-0.15, -0.1) is 0 Å². The molecule has 0 aliphatic carbocycles. The van der Waals surface area contributed by atoms with E-state index in [-0.39, 0.29) is 5.91 Å². The summed E-state index contributed by atoms with van der Waals surface area (Å²) in [5.41, 5.74) is 1.62. The number of ether oxygens (including phenoxy) is 3. The number of aromatic nitrogens is 2. The Balaban J connectivity index is 1.67. The van der Waals surface area contributed by atoms with E-state index in [1.54, 1.807) is 25.3 Å². The lowest BCUT2D eigenvalue weighted by molar-refractivity contribution is 0.102. The van der Waals surface area contributed by atoms with Crippen molar-refractivity contribution in [2.75, 3.05) is 31.5 Å². The molecule has 1 heterocycles. The molecule has 3 rings (SSSR count). The van der Waals surface area contributed by atoms with Crippen molar-refractivity contribution in [2.45, 2.75) is 6.92 Å². The van der Waals surface area contributed by atoms with Crippen LogP contribution in [0.3, 0.4) is 0 Å². The minimum absolute atomic E-state index is 0.312. The molecule has 8 nitrogen and oxygen atoms in total. The lowest BCUT2D eigenvalue weighted by Crippen LogP contribution is -2.14. The van der Waals surface area contributed by atoms with Crippen LogP contribution in [0.25, 0.3) is 0 Å². The average molecular weight is 394 g/mol. The highest BCUT2D eigenvalue weighted by Crippen LogP contribution is 2.29. The van der Waals surface area contributed by atoms with Crippen LogP contribution in [0.1, 0.15) is 17.3 Å². The largest absolute Gasteiger partial charge is 0.497 e. The topological polar surface area (TPSA) is 94.6 Å². The van der Waals surface area contributed by atoms with Crippen molar-refractivity contribution in [3.05, 3.63) is 60.4 Å². The molecule has 29 heavy (non-hydrogen) atoms. The van der Waals surface area contributed by atoms with E-state index in [4.69, 9.17) is 14.2 Å². The van der Waals surface area contributed by atoms with Crippen molar-refractivity contribution in [1.82, 2.24) is 9.97 Å². The number of methoxy groups -OCH3 is 2. The Kier molecular flexibility index (Phi) is 6.47. The van der Waals surface area contributed by atoms with Crippen LogP contribution in [0.4, 0.5) is 17.3 Å². The van der Waals surface area contributed by atoms with E-state index in [1.165, 1.54) is 19.5 Å². The summed E-state index contributed by atoms with van der Waals surface area (Å²) < 4.78 is 15.9. The predicted octanol–water partition coefficient (Wildman–Crippen LogP) is 3.89. The number of hydrogen-bond acceptors (Lipinski definition) is 7. The molecule has 8 heteroatoms. The fourth-order valence-corrected chi connectivity index (χ4v) is 2.55. The summed E-state index contributed by atoms with van der Waals surface area (Å²) in [6.45, 7) is 2.54. The first kappa shape index (κ1) is 19.9. The van der Waals surface area contributed by atoms with E-state index in [0.29, 0.717) is 35.3 Å². The summed E-state index contributed by atoms with van der Waals surface area (Å²) in [7, 11) is 3.08. The molecule has 0 saturated heterocycles. The van der Waals surface area contributed by atoms with Gasteiger partial charge >= 0.3 is 0 Å². The Morgan fingerprint density at radius 3 is 2.28 bits per heavy atom. The minimum Gasteiger partial charge on any atom is -0.497 e. The Morgan fingerprint density at radius 2 is 1.66 bits per heavy atom. The fraction of sp³-hybridized carbons (Fsp3) is 0.190. The van der Waals surface area contributed by atoms with Crippen LogP contribution in [0.2, 0.25) is 0 Å². The van der Waals surface area contributed by atoms with Crippen molar-refractivity contribution in [3.63, 3.8) is 0 Å². The van der Waals surface area contributed by atoms with Crippen molar-refractivity contribution in [2.24, 2.45) is 0 Å². The molecule has 0 atom stereocenters. The number of amides is 1. The molecule has 0 unspecified atom stereocenters. The zero-order valence-corrected chi connectivity index (χ0v) is 16.4. The molecule has 1 amide bonds. The molecule has 2 N–H and O–H groups in total. The molecule has 0 radical (unpaired) electrons. The molecule has 3 aromatic rings. The normalized spacial score (nSPS) is 10.2.